The van der Waals surface area contributed by atoms with Crippen LogP contribution in [0.3, 0.4) is 0 Å². The number of amides is 1. The van der Waals surface area contributed by atoms with Crippen molar-refractivity contribution in [1.82, 2.24) is 4.98 Å². The van der Waals surface area contributed by atoms with Crippen molar-refractivity contribution in [2.24, 2.45) is 0 Å². The molecular formula is C16H14ClN3O2S. The number of halogens is 1. The first-order valence-electron chi connectivity index (χ1n) is 6.86. The Morgan fingerprint density at radius 2 is 2.22 bits per heavy atom. The fourth-order valence-electron chi connectivity index (χ4n) is 2.13. The van der Waals surface area contributed by atoms with Crippen molar-refractivity contribution in [1.29, 1.82) is 0 Å². The first-order chi connectivity index (χ1) is 11.0. The molecule has 1 aromatic heterocycles. The van der Waals surface area contributed by atoms with Gasteiger partial charge in [-0.25, -0.2) is 4.98 Å². The molecule has 0 bridgehead atoms. The fourth-order valence-corrected chi connectivity index (χ4v) is 3.25. The molecule has 0 saturated carbocycles. The molecule has 0 fully saturated rings. The summed E-state index contributed by atoms with van der Waals surface area (Å²) in [5.74, 6) is 0.392. The highest BCUT2D eigenvalue weighted by molar-refractivity contribution is 7.22. The third-order valence-electron chi connectivity index (χ3n) is 3.11. The number of aromatic nitrogens is 1. The number of carbonyl (C=O) groups is 1. The van der Waals surface area contributed by atoms with Crippen molar-refractivity contribution in [3.8, 4) is 5.75 Å². The van der Waals surface area contributed by atoms with E-state index in [-0.39, 0.29) is 12.5 Å². The number of thiazole rings is 1. The lowest BCUT2D eigenvalue weighted by Gasteiger charge is -2.08. The lowest BCUT2D eigenvalue weighted by Crippen LogP contribution is -2.20. The predicted molar refractivity (Wildman–Crippen MR) is 94.3 cm³/mol. The highest BCUT2D eigenvalue weighted by Crippen LogP contribution is 2.32. The van der Waals surface area contributed by atoms with E-state index < -0.39 is 0 Å². The number of anilines is 2. The highest BCUT2D eigenvalue weighted by atomic mass is 35.5. The maximum atomic E-state index is 12.0. The number of benzene rings is 2. The summed E-state index contributed by atoms with van der Waals surface area (Å²) in [5, 5.41) is 3.65. The Morgan fingerprint density at radius 1 is 1.39 bits per heavy atom. The monoisotopic (exact) mass is 347 g/mol. The van der Waals surface area contributed by atoms with Crippen LogP contribution in [0, 0.1) is 6.92 Å². The molecule has 0 saturated heterocycles. The zero-order chi connectivity index (χ0) is 16.4. The highest BCUT2D eigenvalue weighted by Gasteiger charge is 2.10. The number of fused-ring (bicyclic) bond motifs is 1. The maximum Gasteiger partial charge on any atom is 0.262 e. The molecule has 0 radical (unpaired) electrons. The van der Waals surface area contributed by atoms with Crippen LogP contribution >= 0.6 is 22.9 Å². The van der Waals surface area contributed by atoms with Gasteiger partial charge in [-0.3, -0.25) is 4.79 Å². The number of carbonyl (C=O) groups excluding carboxylic acids is 1. The van der Waals surface area contributed by atoms with Gasteiger partial charge in [-0.2, -0.15) is 0 Å². The zero-order valence-corrected chi connectivity index (χ0v) is 13.9. The molecule has 3 N–H and O–H groups in total. The Balaban J connectivity index is 1.68. The molecule has 1 amide bonds. The van der Waals surface area contributed by atoms with E-state index in [1.807, 2.05) is 31.2 Å². The number of rotatable bonds is 4. The number of aryl methyl sites for hydroxylation is 1. The van der Waals surface area contributed by atoms with Crippen LogP contribution in [0.4, 0.5) is 10.8 Å². The van der Waals surface area contributed by atoms with Gasteiger partial charge in [-0.15, -0.1) is 0 Å². The van der Waals surface area contributed by atoms with E-state index in [0.717, 1.165) is 10.3 Å². The number of hydrogen-bond donors (Lipinski definition) is 2. The molecule has 7 heteroatoms. The van der Waals surface area contributed by atoms with Gasteiger partial charge < -0.3 is 15.8 Å². The van der Waals surface area contributed by atoms with Gasteiger partial charge in [0.25, 0.3) is 5.91 Å². The van der Waals surface area contributed by atoms with Gasteiger partial charge in [0.15, 0.2) is 11.7 Å². The Bertz CT molecular complexity index is 879. The van der Waals surface area contributed by atoms with Crippen molar-refractivity contribution in [2.45, 2.75) is 6.92 Å². The third-order valence-corrected chi connectivity index (χ3v) is 4.23. The number of hydrogen-bond acceptors (Lipinski definition) is 5. The van der Waals surface area contributed by atoms with Crippen LogP contribution < -0.4 is 15.8 Å². The summed E-state index contributed by atoms with van der Waals surface area (Å²) in [7, 11) is 0. The summed E-state index contributed by atoms with van der Waals surface area (Å²) in [6, 6.07) is 11.0. The Labute approximate surface area is 142 Å². The number of nitrogens with two attached hydrogens (primary N) is 1. The second kappa shape index (κ2) is 6.44. The lowest BCUT2D eigenvalue weighted by molar-refractivity contribution is -0.118. The van der Waals surface area contributed by atoms with Gasteiger partial charge in [-0.1, -0.05) is 35.1 Å². The topological polar surface area (TPSA) is 77.2 Å². The first-order valence-corrected chi connectivity index (χ1v) is 8.05. The van der Waals surface area contributed by atoms with Gasteiger partial charge in [0, 0.05) is 5.69 Å². The van der Waals surface area contributed by atoms with Gasteiger partial charge in [-0.05, 0) is 36.8 Å². The molecule has 0 aliphatic carbocycles. The molecule has 0 aliphatic heterocycles. The van der Waals surface area contributed by atoms with E-state index in [2.05, 4.69) is 10.3 Å². The molecule has 3 aromatic rings. The normalized spacial score (nSPS) is 10.7. The summed E-state index contributed by atoms with van der Waals surface area (Å²) in [4.78, 5) is 16.2. The molecule has 0 unspecified atom stereocenters. The lowest BCUT2D eigenvalue weighted by atomic mass is 10.2. The van der Waals surface area contributed by atoms with Gasteiger partial charge in [0.05, 0.1) is 9.72 Å². The second-order valence-corrected chi connectivity index (χ2v) is 6.48. The predicted octanol–water partition coefficient (Wildman–Crippen LogP) is 3.86. The van der Waals surface area contributed by atoms with Gasteiger partial charge in [0.1, 0.15) is 11.3 Å². The molecule has 0 spiro atoms. The summed E-state index contributed by atoms with van der Waals surface area (Å²) in [6.07, 6.45) is 0. The minimum Gasteiger partial charge on any atom is -0.484 e. The van der Waals surface area contributed by atoms with Crippen molar-refractivity contribution in [3.05, 3.63) is 47.0 Å². The average molecular weight is 348 g/mol. The molecular weight excluding hydrogens is 334 g/mol. The summed E-state index contributed by atoms with van der Waals surface area (Å²) >= 11 is 7.47. The van der Waals surface area contributed by atoms with Crippen LogP contribution in [0.2, 0.25) is 5.02 Å². The van der Waals surface area contributed by atoms with Crippen LogP contribution in [-0.2, 0) is 4.79 Å². The van der Waals surface area contributed by atoms with Crippen LogP contribution in [-0.4, -0.2) is 17.5 Å². The summed E-state index contributed by atoms with van der Waals surface area (Å²) in [6.45, 7) is 1.88. The molecule has 0 aliphatic rings. The molecule has 0 atom stereocenters. The van der Waals surface area contributed by atoms with Crippen LogP contribution in [0.1, 0.15) is 5.56 Å². The molecule has 3 rings (SSSR count). The number of nitrogen functional groups attached to an aromatic ring is 1. The standard InChI is InChI=1S/C16H14ClN3O2S/c1-9-3-2-4-11(5-9)22-8-14(21)19-10-6-12(17)15-13(7-10)23-16(18)20-15/h2-7H,8H2,1H3,(H2,18,20)(H,19,21). The zero-order valence-electron chi connectivity index (χ0n) is 12.3. The third kappa shape index (κ3) is 3.72. The number of ether oxygens (including phenoxy) is 1. The number of nitrogens with one attached hydrogen (secondary N) is 1. The van der Waals surface area contributed by atoms with Crippen LogP contribution in [0.25, 0.3) is 10.2 Å². The molecule has 23 heavy (non-hydrogen) atoms. The minimum atomic E-state index is -0.264. The van der Waals surface area contributed by atoms with Crippen LogP contribution in [0.15, 0.2) is 36.4 Å². The van der Waals surface area contributed by atoms with E-state index in [1.165, 1.54) is 11.3 Å². The molecule has 2 aromatic carbocycles. The van der Waals surface area contributed by atoms with Gasteiger partial charge in [0.2, 0.25) is 0 Å². The number of nitrogens with zero attached hydrogens (tertiary/aromatic N) is 1. The quantitative estimate of drug-likeness (QED) is 0.751. The second-order valence-electron chi connectivity index (χ2n) is 5.01. The Kier molecular flexibility index (Phi) is 4.36. The maximum absolute atomic E-state index is 12.0. The fraction of sp³-hybridized carbons (Fsp3) is 0.125. The molecule has 5 nitrogen and oxygen atoms in total. The first kappa shape index (κ1) is 15.6. The molecule has 1 heterocycles. The van der Waals surface area contributed by atoms with Crippen molar-refractivity contribution in [3.63, 3.8) is 0 Å². The van der Waals surface area contributed by atoms with Crippen molar-refractivity contribution >= 4 is 49.9 Å². The average Bonchev–Trinajstić information content (AvgIpc) is 2.86. The smallest absolute Gasteiger partial charge is 0.262 e. The SMILES string of the molecule is Cc1cccc(OCC(=O)Nc2cc(Cl)c3nc(N)sc3c2)c1. The van der Waals surface area contributed by atoms with Crippen molar-refractivity contribution in [2.75, 3.05) is 17.7 Å². The van der Waals surface area contributed by atoms with E-state index in [9.17, 15) is 4.79 Å². The van der Waals surface area contributed by atoms with E-state index in [0.29, 0.717) is 27.1 Å². The minimum absolute atomic E-state index is 0.0794. The molecule has 118 valence electrons. The summed E-state index contributed by atoms with van der Waals surface area (Å²) in [5.41, 5.74) is 7.98. The van der Waals surface area contributed by atoms with Gasteiger partial charge >= 0.3 is 0 Å². The largest absolute Gasteiger partial charge is 0.484 e. The van der Waals surface area contributed by atoms with E-state index in [4.69, 9.17) is 22.1 Å². The van der Waals surface area contributed by atoms with E-state index in [1.54, 1.807) is 12.1 Å². The van der Waals surface area contributed by atoms with Crippen molar-refractivity contribution < 1.29 is 9.53 Å². The Hall–Kier alpha value is -2.31. The van der Waals surface area contributed by atoms with Crippen LogP contribution in [0.5, 0.6) is 5.75 Å². The Morgan fingerprint density at radius 3 is 3.00 bits per heavy atom. The van der Waals surface area contributed by atoms with E-state index >= 15 is 0 Å². The summed E-state index contributed by atoms with van der Waals surface area (Å²) < 4.78 is 6.29.